The van der Waals surface area contributed by atoms with Crippen LogP contribution in [0.4, 0.5) is 5.69 Å². The molecule has 6 radical (unpaired) electrons. The van der Waals surface area contributed by atoms with Crippen molar-refractivity contribution < 1.29 is 39.4 Å². The van der Waals surface area contributed by atoms with Crippen LogP contribution in [0.25, 0.3) is 38.7 Å². The molecule has 45 heavy (non-hydrogen) atoms. The Balaban J connectivity index is 0.000000183. The van der Waals surface area contributed by atoms with Crippen LogP contribution in [0.3, 0.4) is 0 Å². The summed E-state index contributed by atoms with van der Waals surface area (Å²) in [7, 11) is 0. The number of pyridine rings is 1. The van der Waals surface area contributed by atoms with E-state index in [1.807, 2.05) is 74.2 Å². The van der Waals surface area contributed by atoms with Crippen molar-refractivity contribution in [1.29, 1.82) is 0 Å². The molecule has 10 heteroatoms. The molecule has 0 spiro atoms. The Labute approximate surface area is 274 Å². The van der Waals surface area contributed by atoms with Crippen LogP contribution < -0.4 is 25.9 Å². The number of rotatable bonds is 4. The fourth-order valence-corrected chi connectivity index (χ4v) is 6.07. The summed E-state index contributed by atoms with van der Waals surface area (Å²) in [6.07, 6.45) is 13.1. The maximum atomic E-state index is 12.6. The second kappa shape index (κ2) is 14.4. The van der Waals surface area contributed by atoms with Crippen molar-refractivity contribution in [2.45, 2.75) is 19.3 Å². The van der Waals surface area contributed by atoms with Gasteiger partial charge in [-0.25, -0.2) is 4.99 Å². The molecule has 4 heterocycles. The molecule has 8 rings (SSSR count). The summed E-state index contributed by atoms with van der Waals surface area (Å²) in [4.78, 5) is 19.5. The van der Waals surface area contributed by atoms with Gasteiger partial charge < -0.3 is 25.2 Å². The molecular formula is C35H27N5O4Ru. The molecule has 4 aliphatic rings. The van der Waals surface area contributed by atoms with E-state index in [9.17, 15) is 15.3 Å². The number of para-hydroxylation sites is 1. The second-order valence-corrected chi connectivity index (χ2v) is 10.7. The van der Waals surface area contributed by atoms with Gasteiger partial charge in [-0.15, -0.1) is 0 Å². The van der Waals surface area contributed by atoms with Crippen molar-refractivity contribution in [2.24, 2.45) is 15.0 Å². The van der Waals surface area contributed by atoms with Crippen molar-refractivity contribution in [1.82, 2.24) is 9.88 Å². The maximum Gasteiger partial charge on any atom is 3.00 e. The molecule has 0 unspecified atom stereocenters. The molecule has 3 aliphatic heterocycles. The van der Waals surface area contributed by atoms with Crippen LogP contribution in [0.1, 0.15) is 24.8 Å². The summed E-state index contributed by atoms with van der Waals surface area (Å²) in [6, 6.07) is 15.3. The Morgan fingerprint density at radius 1 is 0.911 bits per heavy atom. The normalized spacial score (nSPS) is 17.2. The number of hydrogen-bond acceptors (Lipinski definition) is 8. The zero-order chi connectivity index (χ0) is 30.6. The van der Waals surface area contributed by atoms with E-state index < -0.39 is 11.8 Å². The zero-order valence-corrected chi connectivity index (χ0v) is 25.9. The Kier molecular flexibility index (Phi) is 10.4. The molecule has 1 saturated carbocycles. The van der Waals surface area contributed by atoms with Crippen molar-refractivity contribution in [2.75, 3.05) is 26.2 Å². The van der Waals surface area contributed by atoms with Crippen molar-refractivity contribution in [3.63, 3.8) is 0 Å². The third-order valence-electron chi connectivity index (χ3n) is 8.08. The van der Waals surface area contributed by atoms with Gasteiger partial charge in [0.05, 0.1) is 23.1 Å². The first-order valence-corrected chi connectivity index (χ1v) is 14.5. The minimum atomic E-state index is -0.500. The number of nitrogens with zero attached hydrogens (tertiary/aromatic N) is 5. The molecule has 224 valence electrons. The molecule has 1 aromatic heterocycles. The molecule has 1 saturated heterocycles. The second-order valence-electron chi connectivity index (χ2n) is 10.7. The van der Waals surface area contributed by atoms with Gasteiger partial charge in [-0.1, -0.05) is 48.9 Å². The molecule has 1 aliphatic carbocycles. The molecule has 0 bridgehead atoms. The van der Waals surface area contributed by atoms with Crippen molar-refractivity contribution >= 4 is 45.0 Å². The zero-order valence-electron chi connectivity index (χ0n) is 24.2. The number of aromatic nitrogens is 1. The van der Waals surface area contributed by atoms with E-state index in [4.69, 9.17) is 9.64 Å². The number of benzene rings is 3. The number of fused-ring (bicyclic) bond motifs is 10. The van der Waals surface area contributed by atoms with Gasteiger partial charge in [-0.2, -0.15) is 0 Å². The van der Waals surface area contributed by atoms with Gasteiger partial charge in [0.15, 0.2) is 0 Å². The Hall–Kier alpha value is -3.94. The summed E-state index contributed by atoms with van der Waals surface area (Å²) in [5.41, 5.74) is 3.27. The van der Waals surface area contributed by atoms with Gasteiger partial charge in [0.25, 0.3) is 0 Å². The third kappa shape index (κ3) is 6.29. The van der Waals surface area contributed by atoms with Crippen molar-refractivity contribution in [3.05, 3.63) is 109 Å². The molecule has 0 amide bonds. The van der Waals surface area contributed by atoms with Crippen molar-refractivity contribution in [3.8, 4) is 11.1 Å². The monoisotopic (exact) mass is 683 g/mol. The van der Waals surface area contributed by atoms with Gasteiger partial charge >= 0.3 is 30.8 Å². The molecule has 0 atom stereocenters. The van der Waals surface area contributed by atoms with E-state index in [1.165, 1.54) is 32.4 Å². The third-order valence-corrected chi connectivity index (χ3v) is 8.08. The summed E-state index contributed by atoms with van der Waals surface area (Å²) >= 11 is 0. The van der Waals surface area contributed by atoms with E-state index in [0.717, 1.165) is 28.6 Å². The van der Waals surface area contributed by atoms with Crippen LogP contribution in [-0.2, 0) is 24.1 Å². The van der Waals surface area contributed by atoms with Gasteiger partial charge in [0.2, 0.25) is 0 Å². The van der Waals surface area contributed by atoms with Crippen LogP contribution in [0.5, 0.6) is 0 Å². The SMILES string of the molecule is [C-]#[O+].[O-]C(=NCCN1CCCCC1)[C]1[CH][CH][CH][CH]1.[O-]C1=NC([O-])=c2c1c1c(c3ncc4ccccc4c23)=Nc2ccccc2-1.[Ru+3]. The first-order valence-electron chi connectivity index (χ1n) is 14.5. The fourth-order valence-electron chi connectivity index (χ4n) is 6.07. The average molecular weight is 683 g/mol. The minimum absolute atomic E-state index is 0. The van der Waals surface area contributed by atoms with E-state index in [2.05, 4.69) is 26.5 Å². The minimum Gasteiger partial charge on any atom is -0.862 e. The van der Waals surface area contributed by atoms with Crippen LogP contribution in [0.2, 0.25) is 0 Å². The summed E-state index contributed by atoms with van der Waals surface area (Å²) < 4.78 is 7.50. The Bertz CT molecular complexity index is 1930. The molecule has 4 aromatic rings. The summed E-state index contributed by atoms with van der Waals surface area (Å²) in [5, 5.41) is 40.2. The van der Waals surface area contributed by atoms with E-state index in [-0.39, 0.29) is 25.4 Å². The molecular weight excluding hydrogens is 655 g/mol. The smallest absolute Gasteiger partial charge is 0.862 e. The quantitative estimate of drug-likeness (QED) is 0.0705. The van der Waals surface area contributed by atoms with E-state index in [0.29, 0.717) is 45.1 Å². The first kappa shape index (κ1) is 32.5. The van der Waals surface area contributed by atoms with Gasteiger partial charge in [0, 0.05) is 51.3 Å². The number of aliphatic imine (C=N–C) groups is 2. The largest absolute Gasteiger partial charge is 3.00 e. The predicted octanol–water partition coefficient (Wildman–Crippen LogP) is 1.46. The first-order chi connectivity index (χ1) is 21.6. The number of piperidine rings is 1. The Morgan fingerprint density at radius 2 is 1.62 bits per heavy atom. The average Bonchev–Trinajstić information content (AvgIpc) is 3.81. The molecule has 2 fully saturated rings. The van der Waals surface area contributed by atoms with E-state index in [1.54, 1.807) is 6.20 Å². The van der Waals surface area contributed by atoms with E-state index >= 15 is 0 Å². The molecule has 9 nitrogen and oxygen atoms in total. The van der Waals surface area contributed by atoms with Crippen LogP contribution in [-0.4, -0.2) is 47.9 Å². The molecule has 3 aromatic carbocycles. The van der Waals surface area contributed by atoms with Gasteiger partial charge in [0.1, 0.15) is 0 Å². The summed E-state index contributed by atoms with van der Waals surface area (Å²) in [5.74, 6) is -0.371. The van der Waals surface area contributed by atoms with Gasteiger partial charge in [-0.3, -0.25) is 9.98 Å². The van der Waals surface area contributed by atoms with Crippen LogP contribution in [0.15, 0.2) is 69.7 Å². The fraction of sp³-hybridized carbons (Fsp3) is 0.200. The predicted molar refractivity (Wildman–Crippen MR) is 162 cm³/mol. The topological polar surface area (TPSA) is 142 Å². The number of hydrogen-bond donors (Lipinski definition) is 0. The van der Waals surface area contributed by atoms with Gasteiger partial charge in [-0.05, 0) is 80.7 Å². The maximum absolute atomic E-state index is 12.6. The van der Waals surface area contributed by atoms with Crippen LogP contribution in [0, 0.1) is 38.3 Å². The Morgan fingerprint density at radius 3 is 2.40 bits per heavy atom. The standard InChI is InChI=1S/C21H11N3O2.C13H19N2O.CO.Ru/c25-20-16-14-11-6-2-1-5-10(11)9-22-18(14)19-15(17(16)21(26)24-20)12-7-3-4-8-13(12)23-19;16-13(12-6-2-3-7-12)14-8-11-15-9-4-1-5-10-15;1-2;/h1-9H,(H2,24,25,26);2-3,6-7H,1,4-5,8-11H2,(H,14,16);;/q;;;+3/p-3. The van der Waals surface area contributed by atoms with Crippen LogP contribution >= 0.6 is 0 Å². The summed E-state index contributed by atoms with van der Waals surface area (Å²) in [6.45, 7) is 8.39. The molecule has 0 N–H and O–H groups in total. The number of likely N-dealkylation sites (tertiary alicyclic amines) is 1.